The summed E-state index contributed by atoms with van der Waals surface area (Å²) in [6, 6.07) is 0.487. The van der Waals surface area contributed by atoms with Crippen LogP contribution in [0.5, 0.6) is 0 Å². The van der Waals surface area contributed by atoms with Crippen LogP contribution in [0.25, 0.3) is 0 Å². The van der Waals surface area contributed by atoms with Crippen molar-refractivity contribution in [2.24, 2.45) is 35.0 Å². The van der Waals surface area contributed by atoms with Gasteiger partial charge < -0.3 is 14.5 Å². The SMILES string of the molecule is C[C@@H]1CN(C)CC[C@H]1CC[C@H](C)[C@H]1CC[C@@H]2[C@]1(C)CC=C1C=C3C=C[C@@H](N(C)C)C[C@]34CC[C@@]12O4. The number of hydrogen-bond acceptors (Lipinski definition) is 3. The summed E-state index contributed by atoms with van der Waals surface area (Å²) < 4.78 is 7.43. The van der Waals surface area contributed by atoms with Crippen molar-refractivity contribution in [2.75, 3.05) is 34.2 Å². The number of likely N-dealkylation sites (tertiary alicyclic amines) is 1. The molecule has 2 spiro atoms. The van der Waals surface area contributed by atoms with Gasteiger partial charge in [0.2, 0.25) is 0 Å². The van der Waals surface area contributed by atoms with Gasteiger partial charge in [-0.3, -0.25) is 0 Å². The van der Waals surface area contributed by atoms with E-state index < -0.39 is 0 Å². The molecular weight excluding hydrogens is 428 g/mol. The fraction of sp³-hybridized carbons (Fsp3) is 0.812. The van der Waals surface area contributed by atoms with Gasteiger partial charge in [0, 0.05) is 12.6 Å². The minimum absolute atomic E-state index is 0.0184. The molecule has 0 amide bonds. The Hall–Kier alpha value is -0.900. The van der Waals surface area contributed by atoms with Gasteiger partial charge in [0.05, 0.1) is 11.2 Å². The molecule has 6 aliphatic rings. The van der Waals surface area contributed by atoms with E-state index in [4.69, 9.17) is 4.74 Å². The minimum atomic E-state index is -0.0484. The van der Waals surface area contributed by atoms with Crippen LogP contribution in [0.1, 0.15) is 78.6 Å². The molecule has 9 atom stereocenters. The lowest BCUT2D eigenvalue weighted by atomic mass is 9.57. The van der Waals surface area contributed by atoms with Crippen molar-refractivity contribution in [3.63, 3.8) is 0 Å². The Morgan fingerprint density at radius 1 is 1.17 bits per heavy atom. The molecule has 0 aromatic heterocycles. The van der Waals surface area contributed by atoms with Crippen molar-refractivity contribution in [3.8, 4) is 0 Å². The zero-order chi connectivity index (χ0) is 24.6. The summed E-state index contributed by atoms with van der Waals surface area (Å²) in [6.45, 7) is 10.3. The summed E-state index contributed by atoms with van der Waals surface area (Å²) in [5, 5.41) is 0. The zero-order valence-electron chi connectivity index (χ0n) is 23.4. The highest BCUT2D eigenvalue weighted by Gasteiger charge is 2.66. The molecule has 3 aliphatic heterocycles. The first kappa shape index (κ1) is 24.4. The first-order chi connectivity index (χ1) is 16.7. The lowest BCUT2D eigenvalue weighted by molar-refractivity contribution is -0.136. The van der Waals surface area contributed by atoms with Crippen LogP contribution >= 0.6 is 0 Å². The maximum Gasteiger partial charge on any atom is 0.0975 e. The Labute approximate surface area is 215 Å². The molecule has 3 heterocycles. The predicted molar refractivity (Wildman–Crippen MR) is 145 cm³/mol. The average Bonchev–Trinajstić information content (AvgIpc) is 3.33. The van der Waals surface area contributed by atoms with Gasteiger partial charge in [-0.15, -0.1) is 0 Å². The van der Waals surface area contributed by atoms with Crippen LogP contribution in [0.4, 0.5) is 0 Å². The van der Waals surface area contributed by atoms with Crippen molar-refractivity contribution in [3.05, 3.63) is 35.5 Å². The average molecular weight is 479 g/mol. The fourth-order valence-electron chi connectivity index (χ4n) is 9.88. The molecule has 6 rings (SSSR count). The Kier molecular flexibility index (Phi) is 5.98. The largest absolute Gasteiger partial charge is 0.359 e. The monoisotopic (exact) mass is 478 g/mol. The Morgan fingerprint density at radius 2 is 2.00 bits per heavy atom. The molecule has 0 aromatic rings. The number of rotatable bonds is 5. The van der Waals surface area contributed by atoms with E-state index in [-0.39, 0.29) is 11.2 Å². The maximum absolute atomic E-state index is 7.43. The third-order valence-corrected chi connectivity index (χ3v) is 12.0. The normalized spacial score (nSPS) is 47.7. The van der Waals surface area contributed by atoms with E-state index in [1.54, 1.807) is 0 Å². The molecule has 0 aromatic carbocycles. The molecule has 0 unspecified atom stereocenters. The van der Waals surface area contributed by atoms with Gasteiger partial charge in [-0.25, -0.2) is 0 Å². The predicted octanol–water partition coefficient (Wildman–Crippen LogP) is 6.47. The summed E-state index contributed by atoms with van der Waals surface area (Å²) >= 11 is 0. The van der Waals surface area contributed by atoms with E-state index in [0.29, 0.717) is 17.4 Å². The van der Waals surface area contributed by atoms with Crippen molar-refractivity contribution in [1.29, 1.82) is 0 Å². The highest BCUT2D eigenvalue weighted by Crippen LogP contribution is 2.68. The van der Waals surface area contributed by atoms with Crippen LogP contribution in [0, 0.1) is 35.0 Å². The lowest BCUT2D eigenvalue weighted by Crippen LogP contribution is -2.54. The summed E-state index contributed by atoms with van der Waals surface area (Å²) in [5.41, 5.74) is 3.31. The van der Waals surface area contributed by atoms with Crippen LogP contribution < -0.4 is 0 Å². The third kappa shape index (κ3) is 3.69. The summed E-state index contributed by atoms with van der Waals surface area (Å²) in [7, 11) is 6.72. The number of hydrogen-bond donors (Lipinski definition) is 0. The summed E-state index contributed by atoms with van der Waals surface area (Å²) in [5.74, 6) is 4.13. The van der Waals surface area contributed by atoms with Gasteiger partial charge in [-0.1, -0.05) is 51.5 Å². The van der Waals surface area contributed by atoms with Gasteiger partial charge >= 0.3 is 0 Å². The summed E-state index contributed by atoms with van der Waals surface area (Å²) in [4.78, 5) is 4.89. The Morgan fingerprint density at radius 3 is 2.77 bits per heavy atom. The second-order valence-electron chi connectivity index (χ2n) is 14.1. The lowest BCUT2D eigenvalue weighted by Gasteiger charge is -2.54. The molecule has 2 bridgehead atoms. The second-order valence-corrected chi connectivity index (χ2v) is 14.1. The molecule has 3 heteroatoms. The van der Waals surface area contributed by atoms with Gasteiger partial charge in [-0.2, -0.15) is 0 Å². The topological polar surface area (TPSA) is 15.7 Å². The molecule has 3 nitrogen and oxygen atoms in total. The number of ether oxygens (including phenoxy) is 1. The first-order valence-corrected chi connectivity index (χ1v) is 14.8. The molecule has 35 heavy (non-hydrogen) atoms. The number of likely N-dealkylation sites (N-methyl/N-ethyl adjacent to an activating group) is 1. The summed E-state index contributed by atoms with van der Waals surface area (Å²) in [6.07, 6.45) is 21.8. The van der Waals surface area contributed by atoms with Crippen molar-refractivity contribution >= 4 is 0 Å². The third-order valence-electron chi connectivity index (χ3n) is 12.0. The molecule has 1 saturated carbocycles. The number of piperidine rings is 1. The molecule has 3 aliphatic carbocycles. The van der Waals surface area contributed by atoms with Gasteiger partial charge in [-0.05, 0) is 125 Å². The van der Waals surface area contributed by atoms with Crippen molar-refractivity contribution in [2.45, 2.75) is 95.8 Å². The van der Waals surface area contributed by atoms with Crippen LogP contribution in [0.15, 0.2) is 35.5 Å². The number of nitrogens with zero attached hydrogens (tertiary/aromatic N) is 2. The number of allylic oxidation sites excluding steroid dienone is 1. The zero-order valence-corrected chi connectivity index (χ0v) is 23.4. The molecule has 0 N–H and O–H groups in total. The van der Waals surface area contributed by atoms with Crippen LogP contribution in [-0.4, -0.2) is 61.3 Å². The van der Waals surface area contributed by atoms with E-state index in [1.807, 2.05) is 0 Å². The number of fused-ring (bicyclic) bond motifs is 1. The van der Waals surface area contributed by atoms with Crippen molar-refractivity contribution < 1.29 is 4.74 Å². The molecule has 2 saturated heterocycles. The molecule has 3 fully saturated rings. The van der Waals surface area contributed by atoms with E-state index >= 15 is 0 Å². The van der Waals surface area contributed by atoms with Crippen LogP contribution in [-0.2, 0) is 4.74 Å². The second kappa shape index (κ2) is 8.57. The molecular formula is C32H50N2O. The van der Waals surface area contributed by atoms with Gasteiger partial charge in [0.1, 0.15) is 0 Å². The molecule has 0 radical (unpaired) electrons. The Bertz CT molecular complexity index is 934. The van der Waals surface area contributed by atoms with E-state index in [9.17, 15) is 0 Å². The van der Waals surface area contributed by atoms with Crippen LogP contribution in [0.2, 0.25) is 0 Å². The maximum atomic E-state index is 7.43. The minimum Gasteiger partial charge on any atom is -0.359 e. The quantitative estimate of drug-likeness (QED) is 0.450. The highest BCUT2D eigenvalue weighted by molar-refractivity contribution is 5.51. The van der Waals surface area contributed by atoms with Crippen molar-refractivity contribution in [1.82, 2.24) is 9.80 Å². The van der Waals surface area contributed by atoms with Crippen LogP contribution in [0.3, 0.4) is 0 Å². The fourth-order valence-corrected chi connectivity index (χ4v) is 9.88. The first-order valence-electron chi connectivity index (χ1n) is 14.8. The van der Waals surface area contributed by atoms with E-state index in [1.165, 1.54) is 75.6 Å². The van der Waals surface area contributed by atoms with Gasteiger partial charge in [0.15, 0.2) is 0 Å². The van der Waals surface area contributed by atoms with Gasteiger partial charge in [0.25, 0.3) is 0 Å². The van der Waals surface area contributed by atoms with E-state index in [2.05, 4.69) is 76.0 Å². The Balaban J connectivity index is 1.21. The highest BCUT2D eigenvalue weighted by atomic mass is 16.5. The molecule has 194 valence electrons. The van der Waals surface area contributed by atoms with E-state index in [0.717, 1.165) is 30.1 Å². The smallest absolute Gasteiger partial charge is 0.0975 e. The standard InChI is InChI=1S/C32H50N2O/c1-22(7-8-24-14-18-34(6)21-23(24)2)28-11-12-29-30(28,3)15-13-26-19-25-9-10-27(33(4)5)20-31(25)16-17-32(26,29)35-31/h9-10,13,19,22-24,27-29H,7-8,11-12,14-18,20-21H2,1-6H3/t22-,23+,24+,27+,28+,29+,30+,31+,32+/m0/s1.